The quantitative estimate of drug-likeness (QED) is 0.148. The Bertz CT molecular complexity index is 1370. The molecule has 0 spiro atoms. The molecule has 0 saturated heterocycles. The monoisotopic (exact) mass is 627 g/mol. The standard InChI is InChI=1S/C30H38BrN5O3S/c1-6-9-14-39-27-23(31)17-21(18-24(27)38-8-3)26-25(28(37)33-22-13-11-12-19(4)16-22)20(5)32-29-34-30(35-36(26)29)40-15-10-7-2/h11-13,16-18,26H,6-10,14-15H2,1-5H3,(H,33,37)(H,32,34,35). The molecule has 3 aromatic rings. The van der Waals surface area contributed by atoms with Gasteiger partial charge in [0.2, 0.25) is 11.1 Å². The van der Waals surface area contributed by atoms with Gasteiger partial charge in [-0.05, 0) is 84.9 Å². The van der Waals surface area contributed by atoms with E-state index in [1.54, 1.807) is 11.8 Å². The van der Waals surface area contributed by atoms with E-state index < -0.39 is 6.04 Å². The molecule has 2 heterocycles. The fourth-order valence-corrected chi connectivity index (χ4v) is 5.98. The molecule has 0 fully saturated rings. The molecule has 1 aliphatic rings. The Labute approximate surface area is 249 Å². The van der Waals surface area contributed by atoms with Crippen LogP contribution < -0.4 is 20.1 Å². The summed E-state index contributed by atoms with van der Waals surface area (Å²) in [5.41, 5.74) is 3.92. The molecule has 1 atom stereocenters. The van der Waals surface area contributed by atoms with Gasteiger partial charge in [0.05, 0.1) is 23.3 Å². The van der Waals surface area contributed by atoms with E-state index in [0.717, 1.165) is 58.4 Å². The Morgan fingerprint density at radius 3 is 2.65 bits per heavy atom. The molecular formula is C30H38BrN5O3S. The molecule has 10 heteroatoms. The SMILES string of the molecule is CCCCOc1c(Br)cc(C2C(C(=O)Nc3cccc(C)c3)=C(C)Nc3nc(SCCCC)nn32)cc1OCC. The van der Waals surface area contributed by atoms with Gasteiger partial charge < -0.3 is 20.1 Å². The summed E-state index contributed by atoms with van der Waals surface area (Å²) in [5.74, 6) is 2.61. The Balaban J connectivity index is 1.79. The van der Waals surface area contributed by atoms with Gasteiger partial charge in [0.1, 0.15) is 6.04 Å². The van der Waals surface area contributed by atoms with Crippen LogP contribution in [-0.2, 0) is 4.79 Å². The van der Waals surface area contributed by atoms with Crippen LogP contribution in [0.1, 0.15) is 70.5 Å². The number of thioether (sulfide) groups is 1. The van der Waals surface area contributed by atoms with Gasteiger partial charge in [-0.1, -0.05) is 50.6 Å². The van der Waals surface area contributed by atoms with Crippen LogP contribution >= 0.6 is 27.7 Å². The molecule has 0 aliphatic carbocycles. The van der Waals surface area contributed by atoms with Crippen molar-refractivity contribution in [2.75, 3.05) is 29.6 Å². The van der Waals surface area contributed by atoms with Crippen molar-refractivity contribution in [1.82, 2.24) is 14.8 Å². The molecule has 8 nitrogen and oxygen atoms in total. The van der Waals surface area contributed by atoms with Crippen LogP contribution in [0.3, 0.4) is 0 Å². The number of halogens is 1. The number of nitrogens with zero attached hydrogens (tertiary/aromatic N) is 3. The van der Waals surface area contributed by atoms with Crippen LogP contribution in [0.25, 0.3) is 0 Å². The second kappa shape index (κ2) is 14.1. The van der Waals surface area contributed by atoms with E-state index in [0.29, 0.717) is 41.4 Å². The summed E-state index contributed by atoms with van der Waals surface area (Å²) in [5, 5.41) is 12.0. The minimum atomic E-state index is -0.533. The summed E-state index contributed by atoms with van der Waals surface area (Å²) in [6.07, 6.45) is 4.16. The Morgan fingerprint density at radius 1 is 1.12 bits per heavy atom. The lowest BCUT2D eigenvalue weighted by atomic mass is 9.94. The number of unbranched alkanes of at least 4 members (excludes halogenated alkanes) is 2. The smallest absolute Gasteiger partial charge is 0.255 e. The van der Waals surface area contributed by atoms with E-state index in [2.05, 4.69) is 40.4 Å². The van der Waals surface area contributed by atoms with Crippen molar-refractivity contribution in [3.63, 3.8) is 0 Å². The van der Waals surface area contributed by atoms with Gasteiger partial charge in [0.15, 0.2) is 11.5 Å². The van der Waals surface area contributed by atoms with Gasteiger partial charge in [-0.3, -0.25) is 4.79 Å². The summed E-state index contributed by atoms with van der Waals surface area (Å²) < 4.78 is 14.7. The number of aromatic nitrogens is 3. The third kappa shape index (κ3) is 7.01. The highest BCUT2D eigenvalue weighted by atomic mass is 79.9. The maximum Gasteiger partial charge on any atom is 0.255 e. The lowest BCUT2D eigenvalue weighted by Gasteiger charge is -2.29. The van der Waals surface area contributed by atoms with Crippen molar-refractivity contribution in [2.45, 2.75) is 71.5 Å². The fraction of sp³-hybridized carbons (Fsp3) is 0.433. The highest BCUT2D eigenvalue weighted by Crippen LogP contribution is 2.43. The van der Waals surface area contributed by atoms with E-state index in [9.17, 15) is 4.79 Å². The lowest BCUT2D eigenvalue weighted by molar-refractivity contribution is -0.113. The van der Waals surface area contributed by atoms with Gasteiger partial charge in [-0.15, -0.1) is 5.10 Å². The molecule has 1 amide bonds. The minimum Gasteiger partial charge on any atom is -0.490 e. The number of hydrogen-bond acceptors (Lipinski definition) is 7. The van der Waals surface area contributed by atoms with E-state index in [1.807, 2.05) is 61.9 Å². The zero-order chi connectivity index (χ0) is 28.6. The number of ether oxygens (including phenoxy) is 2. The molecule has 1 aromatic heterocycles. The van der Waals surface area contributed by atoms with Gasteiger partial charge in [0.25, 0.3) is 5.91 Å². The van der Waals surface area contributed by atoms with Crippen LogP contribution in [0, 0.1) is 6.92 Å². The number of allylic oxidation sites excluding steroid dienone is 1. The maximum atomic E-state index is 13.9. The predicted octanol–water partition coefficient (Wildman–Crippen LogP) is 7.75. The normalized spacial score (nSPS) is 14.5. The van der Waals surface area contributed by atoms with E-state index >= 15 is 0 Å². The van der Waals surface area contributed by atoms with E-state index in [4.69, 9.17) is 19.6 Å². The molecule has 2 aromatic carbocycles. The van der Waals surface area contributed by atoms with Gasteiger partial charge in [-0.2, -0.15) is 4.98 Å². The third-order valence-electron chi connectivity index (χ3n) is 6.47. The molecule has 2 N–H and O–H groups in total. The Morgan fingerprint density at radius 2 is 1.93 bits per heavy atom. The lowest BCUT2D eigenvalue weighted by Crippen LogP contribution is -2.31. The van der Waals surface area contributed by atoms with Crippen LogP contribution in [0.2, 0.25) is 0 Å². The molecule has 1 unspecified atom stereocenters. The largest absolute Gasteiger partial charge is 0.490 e. The zero-order valence-electron chi connectivity index (χ0n) is 23.8. The highest BCUT2D eigenvalue weighted by Gasteiger charge is 2.35. The summed E-state index contributed by atoms with van der Waals surface area (Å²) >= 11 is 5.34. The molecule has 0 radical (unpaired) electrons. The van der Waals surface area contributed by atoms with Gasteiger partial charge in [0, 0.05) is 17.1 Å². The number of hydrogen-bond donors (Lipinski definition) is 2. The van der Waals surface area contributed by atoms with Crippen LogP contribution in [0.15, 0.2) is 57.3 Å². The van der Waals surface area contributed by atoms with Crippen molar-refractivity contribution in [2.24, 2.45) is 0 Å². The van der Waals surface area contributed by atoms with Crippen LogP contribution in [0.5, 0.6) is 11.5 Å². The second-order valence-corrected chi connectivity index (χ2v) is 11.6. The first-order valence-corrected chi connectivity index (χ1v) is 15.7. The number of nitrogens with one attached hydrogen (secondary N) is 2. The topological polar surface area (TPSA) is 90.3 Å². The molecule has 214 valence electrons. The van der Waals surface area contributed by atoms with Crippen molar-refractivity contribution in [1.29, 1.82) is 0 Å². The first-order valence-electron chi connectivity index (χ1n) is 13.9. The highest BCUT2D eigenvalue weighted by molar-refractivity contribution is 9.10. The minimum absolute atomic E-state index is 0.209. The molecule has 40 heavy (non-hydrogen) atoms. The van der Waals surface area contributed by atoms with Crippen molar-refractivity contribution < 1.29 is 14.3 Å². The molecule has 0 saturated carbocycles. The molecular weight excluding hydrogens is 590 g/mol. The van der Waals surface area contributed by atoms with Gasteiger partial charge in [-0.25, -0.2) is 4.68 Å². The first kappa shape index (κ1) is 30.0. The van der Waals surface area contributed by atoms with Crippen molar-refractivity contribution >= 4 is 45.2 Å². The number of benzene rings is 2. The van der Waals surface area contributed by atoms with Crippen LogP contribution in [-0.4, -0.2) is 39.6 Å². The summed E-state index contributed by atoms with van der Waals surface area (Å²) in [7, 11) is 0. The summed E-state index contributed by atoms with van der Waals surface area (Å²) in [4.78, 5) is 18.7. The third-order valence-corrected chi connectivity index (χ3v) is 7.99. The number of carbonyl (C=O) groups excluding carboxylic acids is 1. The number of aryl methyl sites for hydroxylation is 1. The van der Waals surface area contributed by atoms with Crippen molar-refractivity contribution in [3.05, 3.63) is 63.3 Å². The number of anilines is 2. The average Bonchev–Trinajstić information content (AvgIpc) is 3.31. The Hall–Kier alpha value is -2.98. The second-order valence-electron chi connectivity index (χ2n) is 9.72. The average molecular weight is 629 g/mol. The molecule has 0 bridgehead atoms. The maximum absolute atomic E-state index is 13.9. The number of rotatable bonds is 13. The fourth-order valence-electron chi connectivity index (χ4n) is 4.49. The summed E-state index contributed by atoms with van der Waals surface area (Å²) in [6.45, 7) is 11.2. The molecule has 1 aliphatic heterocycles. The van der Waals surface area contributed by atoms with E-state index in [1.165, 1.54) is 0 Å². The predicted molar refractivity (Wildman–Crippen MR) is 166 cm³/mol. The first-order chi connectivity index (χ1) is 19.4. The summed E-state index contributed by atoms with van der Waals surface area (Å²) in [6, 6.07) is 11.2. The van der Waals surface area contributed by atoms with Crippen molar-refractivity contribution in [3.8, 4) is 11.5 Å². The van der Waals surface area contributed by atoms with Crippen LogP contribution in [0.4, 0.5) is 11.6 Å². The molecule has 4 rings (SSSR count). The number of amides is 1. The van der Waals surface area contributed by atoms with E-state index in [-0.39, 0.29) is 5.91 Å². The number of fused-ring (bicyclic) bond motifs is 1. The Kier molecular flexibility index (Phi) is 10.6. The van der Waals surface area contributed by atoms with Gasteiger partial charge >= 0.3 is 0 Å². The zero-order valence-corrected chi connectivity index (χ0v) is 26.2. The number of carbonyl (C=O) groups is 1.